The zero-order valence-electron chi connectivity index (χ0n) is 17.2. The summed E-state index contributed by atoms with van der Waals surface area (Å²) in [6.45, 7) is 7.77. The lowest BCUT2D eigenvalue weighted by molar-refractivity contribution is 0.122. The Bertz CT molecular complexity index is 1180. The lowest BCUT2D eigenvalue weighted by atomic mass is 9.98. The van der Waals surface area contributed by atoms with E-state index in [1.807, 2.05) is 6.20 Å². The molecule has 5 nitrogen and oxygen atoms in total. The number of hydrogen-bond acceptors (Lipinski definition) is 6. The van der Waals surface area contributed by atoms with Gasteiger partial charge in [0.05, 0.1) is 29.6 Å². The Morgan fingerprint density at radius 3 is 2.60 bits per heavy atom. The predicted molar refractivity (Wildman–Crippen MR) is 125 cm³/mol. The second kappa shape index (κ2) is 8.05. The Kier molecular flexibility index (Phi) is 5.11. The van der Waals surface area contributed by atoms with Crippen LogP contribution in [0.2, 0.25) is 0 Å². The molecular formula is C24H24N4OS. The van der Waals surface area contributed by atoms with Crippen molar-refractivity contribution in [3.63, 3.8) is 0 Å². The third-order valence-electron chi connectivity index (χ3n) is 5.71. The summed E-state index contributed by atoms with van der Waals surface area (Å²) >= 11 is 1.69. The van der Waals surface area contributed by atoms with Crippen molar-refractivity contribution in [1.29, 1.82) is 0 Å². The van der Waals surface area contributed by atoms with Gasteiger partial charge >= 0.3 is 0 Å². The fraction of sp³-hybridized carbons (Fsp3) is 0.250. The second-order valence-electron chi connectivity index (χ2n) is 7.57. The van der Waals surface area contributed by atoms with Crippen molar-refractivity contribution >= 4 is 38.9 Å². The molecule has 0 unspecified atom stereocenters. The van der Waals surface area contributed by atoms with Crippen LogP contribution in [0.5, 0.6) is 0 Å². The molecule has 5 rings (SSSR count). The number of aryl methyl sites for hydroxylation is 1. The fourth-order valence-corrected chi connectivity index (χ4v) is 4.69. The number of nitrogens with zero attached hydrogens (tertiary/aromatic N) is 3. The maximum atomic E-state index is 5.44. The van der Waals surface area contributed by atoms with Crippen LogP contribution in [-0.2, 0) is 4.74 Å². The second-order valence-corrected chi connectivity index (χ2v) is 8.49. The van der Waals surface area contributed by atoms with Crippen molar-refractivity contribution in [3.05, 3.63) is 65.2 Å². The molecule has 0 radical (unpaired) electrons. The standard InChI is InChI=1S/C24H24N4OS/c1-16-4-3-5-20(17(16)2)21-15-30-22-14-25-24(27-23(21)22)26-18-6-8-19(9-7-18)28-10-12-29-13-11-28/h3-9,14-15H,10-13H2,1-2H3,(H,25,26,27). The summed E-state index contributed by atoms with van der Waals surface area (Å²) in [5.74, 6) is 0.617. The molecule has 3 heterocycles. The van der Waals surface area contributed by atoms with Crippen molar-refractivity contribution in [1.82, 2.24) is 9.97 Å². The molecule has 1 aliphatic rings. The summed E-state index contributed by atoms with van der Waals surface area (Å²) in [6.07, 6.45) is 1.91. The molecule has 1 aliphatic heterocycles. The molecule has 30 heavy (non-hydrogen) atoms. The lowest BCUT2D eigenvalue weighted by Gasteiger charge is -2.28. The minimum Gasteiger partial charge on any atom is -0.378 e. The van der Waals surface area contributed by atoms with E-state index in [0.29, 0.717) is 5.95 Å². The van der Waals surface area contributed by atoms with Gasteiger partial charge in [-0.05, 0) is 54.8 Å². The molecule has 0 bridgehead atoms. The topological polar surface area (TPSA) is 50.3 Å². The van der Waals surface area contributed by atoms with E-state index in [0.717, 1.165) is 42.2 Å². The summed E-state index contributed by atoms with van der Waals surface area (Å²) in [5, 5.41) is 5.54. The number of aromatic nitrogens is 2. The molecule has 152 valence electrons. The third-order valence-corrected chi connectivity index (χ3v) is 6.61. The van der Waals surface area contributed by atoms with Crippen LogP contribution in [0, 0.1) is 13.8 Å². The third kappa shape index (κ3) is 3.64. The smallest absolute Gasteiger partial charge is 0.227 e. The van der Waals surface area contributed by atoms with E-state index in [2.05, 4.69) is 76.9 Å². The van der Waals surface area contributed by atoms with E-state index in [4.69, 9.17) is 9.72 Å². The number of fused-ring (bicyclic) bond motifs is 1. The van der Waals surface area contributed by atoms with Crippen LogP contribution in [0.4, 0.5) is 17.3 Å². The van der Waals surface area contributed by atoms with Gasteiger partial charge in [-0.3, -0.25) is 0 Å². The quantitative estimate of drug-likeness (QED) is 0.472. The molecule has 0 saturated carbocycles. The van der Waals surface area contributed by atoms with Crippen LogP contribution in [-0.4, -0.2) is 36.3 Å². The fourth-order valence-electron chi connectivity index (χ4n) is 3.83. The normalized spacial score (nSPS) is 14.3. The molecule has 6 heteroatoms. The molecule has 2 aromatic carbocycles. The Balaban J connectivity index is 1.42. The monoisotopic (exact) mass is 416 g/mol. The summed E-state index contributed by atoms with van der Waals surface area (Å²) in [4.78, 5) is 11.7. The van der Waals surface area contributed by atoms with Gasteiger partial charge in [-0.15, -0.1) is 11.3 Å². The van der Waals surface area contributed by atoms with Crippen LogP contribution in [0.25, 0.3) is 21.3 Å². The zero-order valence-corrected chi connectivity index (χ0v) is 18.0. The molecule has 2 aromatic heterocycles. The van der Waals surface area contributed by atoms with Crippen molar-refractivity contribution < 1.29 is 4.74 Å². The van der Waals surface area contributed by atoms with Gasteiger partial charge in [-0.25, -0.2) is 9.97 Å². The first-order valence-corrected chi connectivity index (χ1v) is 11.1. The highest BCUT2D eigenvalue weighted by Gasteiger charge is 2.13. The van der Waals surface area contributed by atoms with E-state index in [1.165, 1.54) is 27.9 Å². The Labute approximate surface area is 180 Å². The van der Waals surface area contributed by atoms with Gasteiger partial charge in [0.15, 0.2) is 0 Å². The van der Waals surface area contributed by atoms with Crippen molar-refractivity contribution in [2.75, 3.05) is 36.5 Å². The van der Waals surface area contributed by atoms with Crippen LogP contribution in [0.15, 0.2) is 54.0 Å². The molecule has 1 fully saturated rings. The van der Waals surface area contributed by atoms with Crippen LogP contribution in [0.1, 0.15) is 11.1 Å². The van der Waals surface area contributed by atoms with Crippen molar-refractivity contribution in [2.24, 2.45) is 0 Å². The lowest BCUT2D eigenvalue weighted by Crippen LogP contribution is -2.36. The number of hydrogen-bond donors (Lipinski definition) is 1. The van der Waals surface area contributed by atoms with Crippen LogP contribution < -0.4 is 10.2 Å². The van der Waals surface area contributed by atoms with Gasteiger partial charge in [0, 0.05) is 35.4 Å². The van der Waals surface area contributed by atoms with Gasteiger partial charge < -0.3 is 15.0 Å². The average Bonchev–Trinajstić information content (AvgIpc) is 3.20. The number of rotatable bonds is 4. The molecule has 1 saturated heterocycles. The summed E-state index contributed by atoms with van der Waals surface area (Å²) in [7, 11) is 0. The maximum Gasteiger partial charge on any atom is 0.227 e. The highest BCUT2D eigenvalue weighted by Crippen LogP contribution is 2.35. The number of benzene rings is 2. The van der Waals surface area contributed by atoms with Gasteiger partial charge in [-0.2, -0.15) is 0 Å². The Morgan fingerprint density at radius 1 is 1.00 bits per heavy atom. The molecular weight excluding hydrogens is 392 g/mol. The first kappa shape index (κ1) is 19.0. The molecule has 4 aromatic rings. The van der Waals surface area contributed by atoms with Crippen LogP contribution >= 0.6 is 11.3 Å². The summed E-state index contributed by atoms with van der Waals surface area (Å²) < 4.78 is 6.53. The summed E-state index contributed by atoms with van der Waals surface area (Å²) in [6, 6.07) is 14.9. The van der Waals surface area contributed by atoms with Gasteiger partial charge in [0.25, 0.3) is 0 Å². The van der Waals surface area contributed by atoms with Crippen molar-refractivity contribution in [3.8, 4) is 11.1 Å². The largest absolute Gasteiger partial charge is 0.378 e. The van der Waals surface area contributed by atoms with E-state index >= 15 is 0 Å². The number of thiophene rings is 1. The summed E-state index contributed by atoms with van der Waals surface area (Å²) in [5.41, 5.74) is 8.19. The van der Waals surface area contributed by atoms with E-state index in [1.54, 1.807) is 11.3 Å². The molecule has 0 amide bonds. The number of nitrogens with one attached hydrogen (secondary N) is 1. The van der Waals surface area contributed by atoms with E-state index < -0.39 is 0 Å². The SMILES string of the molecule is Cc1cccc(-c2csc3cnc(Nc4ccc(N5CCOCC5)cc4)nc23)c1C. The van der Waals surface area contributed by atoms with Crippen LogP contribution in [0.3, 0.4) is 0 Å². The first-order valence-electron chi connectivity index (χ1n) is 10.2. The van der Waals surface area contributed by atoms with E-state index in [-0.39, 0.29) is 0 Å². The van der Waals surface area contributed by atoms with Gasteiger partial charge in [0.1, 0.15) is 0 Å². The average molecular weight is 417 g/mol. The minimum atomic E-state index is 0.617. The van der Waals surface area contributed by atoms with Gasteiger partial charge in [-0.1, -0.05) is 18.2 Å². The maximum absolute atomic E-state index is 5.44. The highest BCUT2D eigenvalue weighted by atomic mass is 32.1. The Hall–Kier alpha value is -2.96. The highest BCUT2D eigenvalue weighted by molar-refractivity contribution is 7.17. The Morgan fingerprint density at radius 2 is 1.80 bits per heavy atom. The molecule has 0 aliphatic carbocycles. The molecule has 0 atom stereocenters. The van der Waals surface area contributed by atoms with Gasteiger partial charge in [0.2, 0.25) is 5.95 Å². The van der Waals surface area contributed by atoms with E-state index in [9.17, 15) is 0 Å². The molecule has 0 spiro atoms. The zero-order chi connectivity index (χ0) is 20.5. The van der Waals surface area contributed by atoms with Crippen molar-refractivity contribution in [2.45, 2.75) is 13.8 Å². The predicted octanol–water partition coefficient (Wildman–Crippen LogP) is 5.56. The number of morpholine rings is 1. The minimum absolute atomic E-state index is 0.617. The molecule has 1 N–H and O–H groups in total. The number of ether oxygens (including phenoxy) is 1. The number of anilines is 3. The first-order chi connectivity index (χ1) is 14.7.